The van der Waals surface area contributed by atoms with Gasteiger partial charge in [0.25, 0.3) is 0 Å². The number of aliphatic imine (C=N–C) groups is 2. The molecule has 6 heteroatoms. The molecule has 0 aromatic heterocycles. The lowest BCUT2D eigenvalue weighted by Crippen LogP contribution is -2.39. The van der Waals surface area contributed by atoms with Gasteiger partial charge in [-0.3, -0.25) is 15.4 Å². The lowest BCUT2D eigenvalue weighted by Gasteiger charge is -2.23. The Balaban J connectivity index is 1.26. The second-order valence-electron chi connectivity index (χ2n) is 8.57. The first-order chi connectivity index (χ1) is 17.1. The minimum absolute atomic E-state index is 0.138. The van der Waals surface area contributed by atoms with Crippen LogP contribution in [0.5, 0.6) is 0 Å². The largest absolute Gasteiger partial charge is 0.324 e. The molecule has 2 aliphatic heterocycles. The van der Waals surface area contributed by atoms with Crippen LogP contribution in [0.2, 0.25) is 0 Å². The highest BCUT2D eigenvalue weighted by Crippen LogP contribution is 2.27. The quantitative estimate of drug-likeness (QED) is 0.461. The predicted molar refractivity (Wildman–Crippen MR) is 142 cm³/mol. The Hall–Kier alpha value is -4.63. The second kappa shape index (κ2) is 9.70. The zero-order valence-electron chi connectivity index (χ0n) is 19.7. The molecule has 0 saturated carbocycles. The molecule has 0 spiro atoms. The van der Waals surface area contributed by atoms with E-state index in [1.54, 1.807) is 6.07 Å². The molecule has 2 N–H and O–H groups in total. The van der Waals surface area contributed by atoms with Gasteiger partial charge in [-0.1, -0.05) is 67.6 Å². The average Bonchev–Trinajstić information content (AvgIpc) is 3.31. The van der Waals surface area contributed by atoms with Crippen molar-refractivity contribution in [2.24, 2.45) is 9.98 Å². The zero-order chi connectivity index (χ0) is 24.2. The Bertz CT molecular complexity index is 1380. The van der Waals surface area contributed by atoms with Crippen molar-refractivity contribution < 1.29 is 0 Å². The molecule has 0 aliphatic carbocycles. The highest BCUT2D eigenvalue weighted by molar-refractivity contribution is 5.96. The molecule has 2 atom stereocenters. The monoisotopic (exact) mass is 458 g/mol. The van der Waals surface area contributed by atoms with Gasteiger partial charge in [0.15, 0.2) is 6.17 Å². The Morgan fingerprint density at radius 1 is 1.06 bits per heavy atom. The smallest absolute Gasteiger partial charge is 0.217 e. The van der Waals surface area contributed by atoms with Gasteiger partial charge >= 0.3 is 0 Å². The topological polar surface area (TPSA) is 75.8 Å². The van der Waals surface area contributed by atoms with Gasteiger partial charge < -0.3 is 5.32 Å². The summed E-state index contributed by atoms with van der Waals surface area (Å²) in [5.74, 6) is 0.869. The van der Waals surface area contributed by atoms with E-state index < -0.39 is 0 Å². The third-order valence-corrected chi connectivity index (χ3v) is 6.24. The highest BCUT2D eigenvalue weighted by Gasteiger charge is 2.25. The van der Waals surface area contributed by atoms with Crippen molar-refractivity contribution in [3.05, 3.63) is 114 Å². The van der Waals surface area contributed by atoms with E-state index in [2.05, 4.69) is 90.3 Å². The lowest BCUT2D eigenvalue weighted by atomic mass is 9.97. The number of para-hydroxylation sites is 1. The van der Waals surface area contributed by atoms with Crippen LogP contribution in [0.25, 0.3) is 5.57 Å². The van der Waals surface area contributed by atoms with Crippen LogP contribution in [-0.4, -0.2) is 22.8 Å². The van der Waals surface area contributed by atoms with Gasteiger partial charge in [0, 0.05) is 17.8 Å². The summed E-state index contributed by atoms with van der Waals surface area (Å²) in [5.41, 5.74) is 10.0. The maximum atomic E-state index is 9.32. The first kappa shape index (κ1) is 22.2. The van der Waals surface area contributed by atoms with Crippen LogP contribution < -0.4 is 10.7 Å². The van der Waals surface area contributed by atoms with Crippen molar-refractivity contribution in [3.63, 3.8) is 0 Å². The minimum Gasteiger partial charge on any atom is -0.324 e. The molecule has 0 saturated heterocycles. The van der Waals surface area contributed by atoms with Gasteiger partial charge in [0.05, 0.1) is 16.9 Å². The van der Waals surface area contributed by atoms with Gasteiger partial charge in [-0.05, 0) is 54.0 Å². The summed E-state index contributed by atoms with van der Waals surface area (Å²) >= 11 is 0. The maximum Gasteiger partial charge on any atom is 0.217 e. The third kappa shape index (κ3) is 4.85. The number of hydrogen-bond donors (Lipinski definition) is 2. The molecule has 0 bridgehead atoms. The molecule has 3 aromatic carbocycles. The predicted octanol–water partition coefficient (Wildman–Crippen LogP) is 5.98. The van der Waals surface area contributed by atoms with E-state index in [4.69, 9.17) is 4.99 Å². The van der Waals surface area contributed by atoms with Crippen LogP contribution >= 0.6 is 0 Å². The number of nitrogens with zero attached hydrogens (tertiary/aromatic N) is 4. The van der Waals surface area contributed by atoms with Crippen molar-refractivity contribution in [1.82, 2.24) is 10.4 Å². The molecule has 0 radical (unpaired) electrons. The van der Waals surface area contributed by atoms with Crippen LogP contribution in [0.4, 0.5) is 11.4 Å². The van der Waals surface area contributed by atoms with E-state index in [0.29, 0.717) is 11.5 Å². The number of guanidine groups is 1. The first-order valence-corrected chi connectivity index (χ1v) is 11.6. The minimum atomic E-state index is -0.138. The molecule has 6 nitrogen and oxygen atoms in total. The number of nitrogens with one attached hydrogen (secondary N) is 2. The SMILES string of the molecule is CC(=Nc1ccc(C2=CN3NC(Nc4ccccc4C#N)=NC3C=C2)cc1)C(C)c1ccccc1. The number of anilines is 1. The molecule has 35 heavy (non-hydrogen) atoms. The zero-order valence-corrected chi connectivity index (χ0v) is 19.7. The maximum absolute atomic E-state index is 9.32. The molecule has 2 aliphatic rings. The van der Waals surface area contributed by atoms with Crippen molar-refractivity contribution in [2.75, 3.05) is 5.32 Å². The van der Waals surface area contributed by atoms with Crippen molar-refractivity contribution >= 4 is 28.6 Å². The van der Waals surface area contributed by atoms with E-state index in [-0.39, 0.29) is 12.1 Å². The van der Waals surface area contributed by atoms with Crippen LogP contribution in [-0.2, 0) is 0 Å². The van der Waals surface area contributed by atoms with Gasteiger partial charge in [0.1, 0.15) is 6.07 Å². The average molecular weight is 459 g/mol. The van der Waals surface area contributed by atoms with Crippen LogP contribution in [0.3, 0.4) is 0 Å². The van der Waals surface area contributed by atoms with Crippen molar-refractivity contribution in [2.45, 2.75) is 25.9 Å². The van der Waals surface area contributed by atoms with E-state index in [1.807, 2.05) is 41.6 Å². The van der Waals surface area contributed by atoms with Crippen molar-refractivity contribution in [1.29, 1.82) is 5.26 Å². The summed E-state index contributed by atoms with van der Waals surface area (Å²) < 4.78 is 0. The van der Waals surface area contributed by atoms with Crippen LogP contribution in [0.1, 0.15) is 36.5 Å². The summed E-state index contributed by atoms with van der Waals surface area (Å²) in [5, 5.41) is 14.5. The molecule has 0 amide bonds. The van der Waals surface area contributed by atoms with E-state index in [9.17, 15) is 5.26 Å². The molecule has 5 rings (SSSR count). The summed E-state index contributed by atoms with van der Waals surface area (Å²) in [6.45, 7) is 4.27. The third-order valence-electron chi connectivity index (χ3n) is 6.24. The number of hydrazine groups is 1. The van der Waals surface area contributed by atoms with Crippen molar-refractivity contribution in [3.8, 4) is 6.07 Å². The molecule has 0 fully saturated rings. The fourth-order valence-corrected chi connectivity index (χ4v) is 4.10. The Morgan fingerprint density at radius 3 is 2.57 bits per heavy atom. The number of rotatable bonds is 5. The second-order valence-corrected chi connectivity index (χ2v) is 8.57. The van der Waals surface area contributed by atoms with E-state index >= 15 is 0 Å². The lowest BCUT2D eigenvalue weighted by molar-refractivity contribution is 0.316. The van der Waals surface area contributed by atoms with Gasteiger partial charge in [-0.2, -0.15) is 5.26 Å². The van der Waals surface area contributed by atoms with Gasteiger partial charge in [0.2, 0.25) is 5.96 Å². The number of fused-ring (bicyclic) bond motifs is 1. The van der Waals surface area contributed by atoms with Gasteiger partial charge in [-0.25, -0.2) is 4.99 Å². The van der Waals surface area contributed by atoms with E-state index in [0.717, 1.165) is 28.2 Å². The Morgan fingerprint density at radius 2 is 1.80 bits per heavy atom. The number of benzene rings is 3. The normalized spacial score (nSPS) is 17.6. The molecule has 2 heterocycles. The number of allylic oxidation sites excluding steroid dienone is 2. The molecule has 172 valence electrons. The summed E-state index contributed by atoms with van der Waals surface area (Å²) in [4.78, 5) is 9.50. The highest BCUT2D eigenvalue weighted by atomic mass is 15.6. The standard InChI is InChI=1S/C29H26N6/c1-20(22-8-4-3-5-9-22)21(2)31-26-15-12-23(13-16-26)25-14-17-28-33-29(34-35(28)19-25)32-27-11-7-6-10-24(27)18-30/h3-17,19-20,28H,1-2H3,(H2,32,33,34). The molecule has 3 aromatic rings. The fraction of sp³-hybridized carbons (Fsp3) is 0.138. The fourth-order valence-electron chi connectivity index (χ4n) is 4.10. The molecule has 2 unspecified atom stereocenters. The summed E-state index contributed by atoms with van der Waals surface area (Å²) in [6.07, 6.45) is 6.03. The number of nitriles is 1. The van der Waals surface area contributed by atoms with E-state index in [1.165, 1.54) is 5.56 Å². The molecular formula is C29H26N6. The molecular weight excluding hydrogens is 432 g/mol. The van der Waals surface area contributed by atoms with Crippen LogP contribution in [0.15, 0.2) is 107 Å². The van der Waals surface area contributed by atoms with Gasteiger partial charge in [-0.15, -0.1) is 0 Å². The number of hydrogen-bond acceptors (Lipinski definition) is 6. The Labute approximate surface area is 205 Å². The Kier molecular flexibility index (Phi) is 6.15. The summed E-state index contributed by atoms with van der Waals surface area (Å²) in [6, 6.07) is 28.3. The van der Waals surface area contributed by atoms with Crippen LogP contribution in [0, 0.1) is 11.3 Å². The first-order valence-electron chi connectivity index (χ1n) is 11.6. The summed E-state index contributed by atoms with van der Waals surface area (Å²) in [7, 11) is 0.